The minimum atomic E-state index is -0.806. The van der Waals surface area contributed by atoms with Gasteiger partial charge >= 0.3 is 0 Å². The molecule has 5 nitrogen and oxygen atoms in total. The third-order valence-electron chi connectivity index (χ3n) is 6.54. The zero-order valence-corrected chi connectivity index (χ0v) is 18.4. The second-order valence-electron chi connectivity index (χ2n) is 9.32. The molecule has 1 amide bonds. The SMILES string of the molecule is CC(C)CC(C(=O)NC1CCCCC1)C1(c2cccc(C#N)c2)Nc2ccccc2N1. The summed E-state index contributed by atoms with van der Waals surface area (Å²) in [4.78, 5) is 13.8. The lowest BCUT2D eigenvalue weighted by atomic mass is 9.79. The van der Waals surface area contributed by atoms with E-state index in [0.717, 1.165) is 36.2 Å². The normalized spacial score (nSPS) is 18.4. The molecule has 4 rings (SSSR count). The van der Waals surface area contributed by atoms with Crippen molar-refractivity contribution in [3.8, 4) is 6.07 Å². The summed E-state index contributed by atoms with van der Waals surface area (Å²) >= 11 is 0. The molecule has 0 radical (unpaired) electrons. The lowest BCUT2D eigenvalue weighted by Crippen LogP contribution is -2.54. The molecule has 0 spiro atoms. The summed E-state index contributed by atoms with van der Waals surface area (Å²) in [5.41, 5.74) is 2.65. The van der Waals surface area contributed by atoms with Gasteiger partial charge in [0.05, 0.1) is 28.9 Å². The predicted molar refractivity (Wildman–Crippen MR) is 124 cm³/mol. The maximum Gasteiger partial charge on any atom is 0.228 e. The van der Waals surface area contributed by atoms with Gasteiger partial charge in [0.15, 0.2) is 0 Å². The molecular formula is C26H32N4O. The fourth-order valence-electron chi connectivity index (χ4n) is 5.01. The van der Waals surface area contributed by atoms with Gasteiger partial charge in [-0.15, -0.1) is 0 Å². The molecule has 2 aliphatic rings. The zero-order valence-electron chi connectivity index (χ0n) is 18.4. The number of nitriles is 1. The van der Waals surface area contributed by atoms with Crippen molar-refractivity contribution in [2.75, 3.05) is 10.6 Å². The quantitative estimate of drug-likeness (QED) is 0.592. The van der Waals surface area contributed by atoms with Crippen LogP contribution in [0.3, 0.4) is 0 Å². The number of nitrogens with zero attached hydrogens (tertiary/aromatic N) is 1. The summed E-state index contributed by atoms with van der Waals surface area (Å²) in [5, 5.41) is 20.2. The van der Waals surface area contributed by atoms with E-state index in [1.165, 1.54) is 19.3 Å². The lowest BCUT2D eigenvalue weighted by Gasteiger charge is -2.40. The van der Waals surface area contributed by atoms with E-state index >= 15 is 0 Å². The number of hydrogen-bond acceptors (Lipinski definition) is 4. The molecule has 5 heteroatoms. The first-order valence-electron chi connectivity index (χ1n) is 11.5. The second kappa shape index (κ2) is 9.01. The summed E-state index contributed by atoms with van der Waals surface area (Å²) < 4.78 is 0. The number of carbonyl (C=O) groups excluding carboxylic acids is 1. The van der Waals surface area contributed by atoms with Gasteiger partial charge in [-0.25, -0.2) is 0 Å². The van der Waals surface area contributed by atoms with Crippen LogP contribution in [0.25, 0.3) is 0 Å². The Morgan fingerprint density at radius 1 is 1.10 bits per heavy atom. The van der Waals surface area contributed by atoms with Crippen molar-refractivity contribution < 1.29 is 4.79 Å². The molecule has 1 aliphatic carbocycles. The highest BCUT2D eigenvalue weighted by molar-refractivity contribution is 5.86. The van der Waals surface area contributed by atoms with Crippen molar-refractivity contribution in [2.24, 2.45) is 11.8 Å². The molecule has 1 unspecified atom stereocenters. The number of hydrogen-bond donors (Lipinski definition) is 3. The number of fused-ring (bicyclic) bond motifs is 1. The maximum atomic E-state index is 13.8. The molecule has 1 heterocycles. The van der Waals surface area contributed by atoms with Gasteiger partial charge in [-0.2, -0.15) is 5.26 Å². The van der Waals surface area contributed by atoms with Gasteiger partial charge < -0.3 is 16.0 Å². The summed E-state index contributed by atoms with van der Waals surface area (Å²) in [5.74, 6) is 0.0805. The molecule has 1 aliphatic heterocycles. The van der Waals surface area contributed by atoms with Gasteiger partial charge in [0, 0.05) is 6.04 Å². The summed E-state index contributed by atoms with van der Waals surface area (Å²) in [6.07, 6.45) is 6.44. The molecule has 2 aromatic rings. The van der Waals surface area contributed by atoms with Crippen LogP contribution in [0.1, 0.15) is 63.5 Å². The minimum Gasteiger partial charge on any atom is -0.357 e. The number of amides is 1. The van der Waals surface area contributed by atoms with Gasteiger partial charge in [0.2, 0.25) is 5.91 Å². The summed E-state index contributed by atoms with van der Waals surface area (Å²) in [7, 11) is 0. The number of anilines is 2. The molecule has 1 saturated carbocycles. The molecular weight excluding hydrogens is 384 g/mol. The first-order valence-corrected chi connectivity index (χ1v) is 11.5. The molecule has 0 aromatic heterocycles. The van der Waals surface area contributed by atoms with Crippen LogP contribution >= 0.6 is 0 Å². The average molecular weight is 417 g/mol. The zero-order chi connectivity index (χ0) is 21.8. The van der Waals surface area contributed by atoms with Crippen LogP contribution in [-0.2, 0) is 10.5 Å². The molecule has 2 aromatic carbocycles. The van der Waals surface area contributed by atoms with Crippen LogP contribution < -0.4 is 16.0 Å². The highest BCUT2D eigenvalue weighted by Gasteiger charge is 2.48. The van der Waals surface area contributed by atoms with Crippen molar-refractivity contribution in [3.63, 3.8) is 0 Å². The molecule has 1 fully saturated rings. The van der Waals surface area contributed by atoms with Crippen LogP contribution in [0.4, 0.5) is 11.4 Å². The van der Waals surface area contributed by atoms with Crippen LogP contribution in [0.15, 0.2) is 48.5 Å². The van der Waals surface area contributed by atoms with E-state index in [-0.39, 0.29) is 17.9 Å². The van der Waals surface area contributed by atoms with Gasteiger partial charge in [0.25, 0.3) is 0 Å². The van der Waals surface area contributed by atoms with E-state index in [1.54, 1.807) is 6.07 Å². The molecule has 1 atom stereocenters. The van der Waals surface area contributed by atoms with E-state index in [2.05, 4.69) is 35.9 Å². The fourth-order valence-corrected chi connectivity index (χ4v) is 5.01. The molecule has 0 bridgehead atoms. The molecule has 31 heavy (non-hydrogen) atoms. The fraction of sp³-hybridized carbons (Fsp3) is 0.462. The van der Waals surface area contributed by atoms with Gasteiger partial charge in [0.1, 0.15) is 5.66 Å². The van der Waals surface area contributed by atoms with Crippen LogP contribution in [0.5, 0.6) is 0 Å². The monoisotopic (exact) mass is 416 g/mol. The van der Waals surface area contributed by atoms with Crippen LogP contribution in [0.2, 0.25) is 0 Å². The Balaban J connectivity index is 1.75. The summed E-state index contributed by atoms with van der Waals surface area (Å²) in [6.45, 7) is 4.31. The third-order valence-corrected chi connectivity index (χ3v) is 6.54. The van der Waals surface area contributed by atoms with Gasteiger partial charge in [-0.05, 0) is 55.0 Å². The minimum absolute atomic E-state index is 0.0794. The van der Waals surface area contributed by atoms with E-state index in [9.17, 15) is 10.1 Å². The highest BCUT2D eigenvalue weighted by Crippen LogP contribution is 2.46. The van der Waals surface area contributed by atoms with E-state index < -0.39 is 5.66 Å². The standard InChI is InChI=1S/C26H32N4O/c1-18(2)15-22(25(31)28-21-11-4-3-5-12-21)26(20-10-8-9-19(16-20)17-27)29-23-13-6-7-14-24(23)30-26/h6-10,13-14,16,18,21-22,29-30H,3-5,11-12,15H2,1-2H3,(H,28,31). The van der Waals surface area contributed by atoms with E-state index in [4.69, 9.17) is 0 Å². The van der Waals surface area contributed by atoms with Crippen molar-refractivity contribution in [2.45, 2.75) is 64.1 Å². The first kappa shape index (κ1) is 21.2. The Bertz CT molecular complexity index is 946. The van der Waals surface area contributed by atoms with Gasteiger partial charge in [-0.3, -0.25) is 4.79 Å². The topological polar surface area (TPSA) is 77.0 Å². The van der Waals surface area contributed by atoms with Crippen molar-refractivity contribution in [3.05, 3.63) is 59.7 Å². The number of benzene rings is 2. The first-order chi connectivity index (χ1) is 15.0. The Labute approximate surface area is 185 Å². The molecule has 0 saturated heterocycles. The maximum absolute atomic E-state index is 13.8. The number of rotatable bonds is 6. The number of carbonyl (C=O) groups is 1. The largest absolute Gasteiger partial charge is 0.357 e. The number of para-hydroxylation sites is 2. The lowest BCUT2D eigenvalue weighted by molar-refractivity contribution is -0.128. The van der Waals surface area contributed by atoms with Gasteiger partial charge in [-0.1, -0.05) is 57.4 Å². The smallest absolute Gasteiger partial charge is 0.228 e. The molecule has 162 valence electrons. The van der Waals surface area contributed by atoms with E-state index in [1.807, 2.05) is 42.5 Å². The Hall–Kier alpha value is -3.00. The van der Waals surface area contributed by atoms with Crippen molar-refractivity contribution >= 4 is 17.3 Å². The van der Waals surface area contributed by atoms with Crippen LogP contribution in [0, 0.1) is 23.2 Å². The number of nitrogens with one attached hydrogen (secondary N) is 3. The second-order valence-corrected chi connectivity index (χ2v) is 9.32. The Morgan fingerprint density at radius 3 is 2.39 bits per heavy atom. The van der Waals surface area contributed by atoms with Crippen LogP contribution in [-0.4, -0.2) is 11.9 Å². The predicted octanol–water partition coefficient (Wildman–Crippen LogP) is 5.36. The van der Waals surface area contributed by atoms with Crippen molar-refractivity contribution in [1.82, 2.24) is 5.32 Å². The average Bonchev–Trinajstić information content (AvgIpc) is 3.18. The Kier molecular flexibility index (Phi) is 6.18. The summed E-state index contributed by atoms with van der Waals surface area (Å²) in [6, 6.07) is 18.2. The van der Waals surface area contributed by atoms with E-state index in [0.29, 0.717) is 11.5 Å². The Morgan fingerprint density at radius 2 is 1.77 bits per heavy atom. The van der Waals surface area contributed by atoms with Crippen molar-refractivity contribution in [1.29, 1.82) is 5.26 Å². The third kappa shape index (κ3) is 4.39. The molecule has 3 N–H and O–H groups in total. The highest BCUT2D eigenvalue weighted by atomic mass is 16.2.